The van der Waals surface area contributed by atoms with E-state index in [0.29, 0.717) is 18.1 Å². The van der Waals surface area contributed by atoms with Crippen molar-refractivity contribution in [1.82, 2.24) is 4.90 Å². The first-order valence-corrected chi connectivity index (χ1v) is 7.50. The van der Waals surface area contributed by atoms with Crippen molar-refractivity contribution in [3.63, 3.8) is 0 Å². The molecule has 0 atom stereocenters. The SMILES string of the molecule is CCN(CC)C(=O)c1ccc(OCC(C)C)c(Br)c1. The topological polar surface area (TPSA) is 29.5 Å². The number of rotatable bonds is 6. The summed E-state index contributed by atoms with van der Waals surface area (Å²) in [5, 5.41) is 0. The summed E-state index contributed by atoms with van der Waals surface area (Å²) in [6.45, 7) is 10.3. The van der Waals surface area contributed by atoms with Gasteiger partial charge in [0.25, 0.3) is 5.91 Å². The second-order valence-corrected chi connectivity index (χ2v) is 5.68. The molecule has 0 N–H and O–H groups in total. The second-order valence-electron chi connectivity index (χ2n) is 4.83. The van der Waals surface area contributed by atoms with E-state index in [4.69, 9.17) is 4.74 Å². The minimum Gasteiger partial charge on any atom is -0.492 e. The number of carbonyl (C=O) groups excluding carboxylic acids is 1. The minimum absolute atomic E-state index is 0.0566. The molecule has 0 aliphatic heterocycles. The lowest BCUT2D eigenvalue weighted by Crippen LogP contribution is -2.30. The fourth-order valence-electron chi connectivity index (χ4n) is 1.70. The van der Waals surface area contributed by atoms with E-state index in [2.05, 4.69) is 29.8 Å². The van der Waals surface area contributed by atoms with Crippen molar-refractivity contribution in [2.24, 2.45) is 5.92 Å². The third kappa shape index (κ3) is 4.53. The van der Waals surface area contributed by atoms with E-state index in [1.165, 1.54) is 0 Å². The van der Waals surface area contributed by atoms with Crippen LogP contribution < -0.4 is 4.74 Å². The zero-order valence-electron chi connectivity index (χ0n) is 12.1. The van der Waals surface area contributed by atoms with Crippen LogP contribution in [0, 0.1) is 5.92 Å². The molecule has 0 radical (unpaired) electrons. The Morgan fingerprint density at radius 2 is 1.95 bits per heavy atom. The maximum absolute atomic E-state index is 12.2. The van der Waals surface area contributed by atoms with Gasteiger partial charge in [0.1, 0.15) is 5.75 Å². The molecule has 0 saturated carbocycles. The Kier molecular flexibility index (Phi) is 6.35. The fourth-order valence-corrected chi connectivity index (χ4v) is 2.19. The van der Waals surface area contributed by atoms with Crippen molar-refractivity contribution in [3.8, 4) is 5.75 Å². The molecule has 0 fully saturated rings. The van der Waals surface area contributed by atoms with Gasteiger partial charge in [-0.3, -0.25) is 4.79 Å². The van der Waals surface area contributed by atoms with Crippen molar-refractivity contribution in [2.75, 3.05) is 19.7 Å². The van der Waals surface area contributed by atoms with E-state index in [0.717, 1.165) is 23.3 Å². The van der Waals surface area contributed by atoms with Crippen molar-refractivity contribution in [3.05, 3.63) is 28.2 Å². The van der Waals surface area contributed by atoms with Gasteiger partial charge < -0.3 is 9.64 Å². The lowest BCUT2D eigenvalue weighted by molar-refractivity contribution is 0.0773. The van der Waals surface area contributed by atoms with Gasteiger partial charge in [-0.15, -0.1) is 0 Å². The molecule has 0 unspecified atom stereocenters. The standard InChI is InChI=1S/C15H22BrNO2/c1-5-17(6-2)15(18)12-7-8-14(13(16)9-12)19-10-11(3)4/h7-9,11H,5-6,10H2,1-4H3. The molecule has 19 heavy (non-hydrogen) atoms. The van der Waals surface area contributed by atoms with Crippen LogP contribution in [-0.2, 0) is 0 Å². The summed E-state index contributed by atoms with van der Waals surface area (Å²) >= 11 is 3.46. The van der Waals surface area contributed by atoms with E-state index < -0.39 is 0 Å². The van der Waals surface area contributed by atoms with Gasteiger partial charge >= 0.3 is 0 Å². The third-order valence-corrected chi connectivity index (χ3v) is 3.42. The number of amides is 1. The minimum atomic E-state index is 0.0566. The number of hydrogen-bond donors (Lipinski definition) is 0. The number of hydrogen-bond acceptors (Lipinski definition) is 2. The van der Waals surface area contributed by atoms with Crippen LogP contribution in [0.5, 0.6) is 5.75 Å². The lowest BCUT2D eigenvalue weighted by atomic mass is 10.2. The highest BCUT2D eigenvalue weighted by molar-refractivity contribution is 9.10. The summed E-state index contributed by atoms with van der Waals surface area (Å²) < 4.78 is 6.50. The number of carbonyl (C=O) groups is 1. The second kappa shape index (κ2) is 7.53. The highest BCUT2D eigenvalue weighted by Gasteiger charge is 2.14. The predicted octanol–water partition coefficient (Wildman–Crippen LogP) is 3.97. The smallest absolute Gasteiger partial charge is 0.253 e. The van der Waals surface area contributed by atoms with E-state index in [1.54, 1.807) is 4.90 Å². The zero-order valence-corrected chi connectivity index (χ0v) is 13.7. The van der Waals surface area contributed by atoms with Crippen LogP contribution in [0.3, 0.4) is 0 Å². The predicted molar refractivity (Wildman–Crippen MR) is 81.7 cm³/mol. The average Bonchev–Trinajstić information content (AvgIpc) is 2.38. The van der Waals surface area contributed by atoms with Crippen LogP contribution in [0.1, 0.15) is 38.1 Å². The van der Waals surface area contributed by atoms with Gasteiger partial charge in [0.15, 0.2) is 0 Å². The normalized spacial score (nSPS) is 10.6. The highest BCUT2D eigenvalue weighted by Crippen LogP contribution is 2.27. The van der Waals surface area contributed by atoms with Crippen LogP contribution in [0.4, 0.5) is 0 Å². The van der Waals surface area contributed by atoms with E-state index >= 15 is 0 Å². The average molecular weight is 328 g/mol. The molecule has 0 spiro atoms. The summed E-state index contributed by atoms with van der Waals surface area (Å²) in [5.41, 5.74) is 0.687. The van der Waals surface area contributed by atoms with Crippen LogP contribution >= 0.6 is 15.9 Å². The Hall–Kier alpha value is -1.03. The third-order valence-electron chi connectivity index (χ3n) is 2.80. The first kappa shape index (κ1) is 16.0. The van der Waals surface area contributed by atoms with Crippen molar-refractivity contribution in [1.29, 1.82) is 0 Å². The Morgan fingerprint density at radius 1 is 1.32 bits per heavy atom. The van der Waals surface area contributed by atoms with Gasteiger partial charge in [0.05, 0.1) is 11.1 Å². The van der Waals surface area contributed by atoms with Gasteiger partial charge in [-0.05, 0) is 53.9 Å². The Bertz CT molecular complexity index is 428. The van der Waals surface area contributed by atoms with Gasteiger partial charge in [-0.25, -0.2) is 0 Å². The molecule has 3 nitrogen and oxygen atoms in total. The molecule has 1 aromatic carbocycles. The zero-order chi connectivity index (χ0) is 14.4. The summed E-state index contributed by atoms with van der Waals surface area (Å²) in [4.78, 5) is 14.0. The largest absolute Gasteiger partial charge is 0.492 e. The van der Waals surface area contributed by atoms with Crippen LogP contribution in [0.15, 0.2) is 22.7 Å². The molecule has 106 valence electrons. The van der Waals surface area contributed by atoms with E-state index in [9.17, 15) is 4.79 Å². The Morgan fingerprint density at radius 3 is 2.42 bits per heavy atom. The molecular weight excluding hydrogens is 306 g/mol. The van der Waals surface area contributed by atoms with Crippen molar-refractivity contribution < 1.29 is 9.53 Å². The monoisotopic (exact) mass is 327 g/mol. The summed E-state index contributed by atoms with van der Waals surface area (Å²) in [6.07, 6.45) is 0. The molecule has 1 rings (SSSR count). The van der Waals surface area contributed by atoms with Crippen molar-refractivity contribution in [2.45, 2.75) is 27.7 Å². The number of benzene rings is 1. The van der Waals surface area contributed by atoms with Gasteiger partial charge in [-0.2, -0.15) is 0 Å². The van der Waals surface area contributed by atoms with Crippen LogP contribution in [-0.4, -0.2) is 30.5 Å². The molecular formula is C15H22BrNO2. The summed E-state index contributed by atoms with van der Waals surface area (Å²) in [6, 6.07) is 5.50. The van der Waals surface area contributed by atoms with Crippen LogP contribution in [0.2, 0.25) is 0 Å². The first-order valence-electron chi connectivity index (χ1n) is 6.71. The molecule has 1 amide bonds. The number of ether oxygens (including phenoxy) is 1. The summed E-state index contributed by atoms with van der Waals surface area (Å²) in [7, 11) is 0. The summed E-state index contributed by atoms with van der Waals surface area (Å²) in [5.74, 6) is 1.31. The maximum atomic E-state index is 12.2. The molecule has 0 aromatic heterocycles. The van der Waals surface area contributed by atoms with E-state index in [-0.39, 0.29) is 5.91 Å². The molecule has 0 bridgehead atoms. The fraction of sp³-hybridized carbons (Fsp3) is 0.533. The number of halogens is 1. The molecule has 1 aromatic rings. The van der Waals surface area contributed by atoms with Gasteiger partial charge in [-0.1, -0.05) is 13.8 Å². The molecule has 0 saturated heterocycles. The molecule has 0 aliphatic carbocycles. The van der Waals surface area contributed by atoms with Crippen molar-refractivity contribution >= 4 is 21.8 Å². The number of nitrogens with zero attached hydrogens (tertiary/aromatic N) is 1. The molecule has 0 aliphatic rings. The molecule has 0 heterocycles. The molecule has 4 heteroatoms. The first-order chi connectivity index (χ1) is 8.99. The van der Waals surface area contributed by atoms with Gasteiger partial charge in [0.2, 0.25) is 0 Å². The van der Waals surface area contributed by atoms with E-state index in [1.807, 2.05) is 32.0 Å². The lowest BCUT2D eigenvalue weighted by Gasteiger charge is -2.19. The van der Waals surface area contributed by atoms with Crippen LogP contribution in [0.25, 0.3) is 0 Å². The van der Waals surface area contributed by atoms with Gasteiger partial charge in [0, 0.05) is 18.7 Å². The quantitative estimate of drug-likeness (QED) is 0.791. The highest BCUT2D eigenvalue weighted by atomic mass is 79.9. The Balaban J connectivity index is 2.84. The maximum Gasteiger partial charge on any atom is 0.253 e. The Labute approximate surface area is 124 Å².